The van der Waals surface area contributed by atoms with E-state index in [1.54, 1.807) is 12.1 Å². The van der Waals surface area contributed by atoms with Crippen molar-refractivity contribution in [3.63, 3.8) is 0 Å². The van der Waals surface area contributed by atoms with E-state index in [1.165, 1.54) is 0 Å². The molecule has 0 aliphatic rings. The summed E-state index contributed by atoms with van der Waals surface area (Å²) in [6.07, 6.45) is 9.91. The Bertz CT molecular complexity index is 744. The second-order valence-corrected chi connectivity index (χ2v) is 11.2. The fourth-order valence-electron chi connectivity index (χ4n) is 4.33. The van der Waals surface area contributed by atoms with E-state index in [4.69, 9.17) is 9.47 Å². The van der Waals surface area contributed by atoms with Gasteiger partial charge in [0.05, 0.1) is 13.2 Å². The van der Waals surface area contributed by atoms with Crippen LogP contribution in [-0.4, -0.2) is 35.4 Å². The minimum atomic E-state index is -0.535. The molecule has 0 amide bonds. The van der Waals surface area contributed by atoms with Crippen molar-refractivity contribution in [3.8, 4) is 11.5 Å². The molecule has 1 rings (SSSR count). The van der Waals surface area contributed by atoms with Gasteiger partial charge in [0.2, 0.25) is 0 Å². The van der Waals surface area contributed by atoms with Crippen LogP contribution >= 0.6 is 0 Å². The molecular formula is C30H50O6. The van der Waals surface area contributed by atoms with Crippen LogP contribution in [-0.2, 0) is 29.9 Å². The van der Waals surface area contributed by atoms with Crippen LogP contribution in [0, 0.1) is 0 Å². The second-order valence-electron chi connectivity index (χ2n) is 11.2. The highest BCUT2D eigenvalue weighted by Crippen LogP contribution is 2.43. The van der Waals surface area contributed by atoms with E-state index in [0.29, 0.717) is 37.2 Å². The lowest BCUT2D eigenvalue weighted by atomic mass is 9.75. The quantitative estimate of drug-likeness (QED) is 0.122. The highest BCUT2D eigenvalue weighted by Gasteiger charge is 2.31. The monoisotopic (exact) mass is 506 g/mol. The highest BCUT2D eigenvalue weighted by molar-refractivity contribution is 5.70. The lowest BCUT2D eigenvalue weighted by Gasteiger charge is -2.30. The summed E-state index contributed by atoms with van der Waals surface area (Å²) in [7, 11) is 0. The summed E-state index contributed by atoms with van der Waals surface area (Å²) >= 11 is 0. The third-order valence-electron chi connectivity index (χ3n) is 7.00. The molecule has 1 aromatic carbocycles. The van der Waals surface area contributed by atoms with E-state index in [-0.39, 0.29) is 36.3 Å². The molecule has 0 spiro atoms. The third kappa shape index (κ3) is 11.2. The molecule has 0 unspecified atom stereocenters. The Morgan fingerprint density at radius 1 is 0.667 bits per heavy atom. The maximum Gasteiger partial charge on any atom is 0.305 e. The molecule has 0 saturated carbocycles. The lowest BCUT2D eigenvalue weighted by Crippen LogP contribution is -2.22. The predicted molar refractivity (Wildman–Crippen MR) is 144 cm³/mol. The molecule has 0 aliphatic heterocycles. The summed E-state index contributed by atoms with van der Waals surface area (Å²) in [5, 5.41) is 21.7. The first-order valence-electron chi connectivity index (χ1n) is 13.8. The Morgan fingerprint density at radius 3 is 1.36 bits per heavy atom. The van der Waals surface area contributed by atoms with Crippen LogP contribution in [0.25, 0.3) is 0 Å². The fourth-order valence-corrected chi connectivity index (χ4v) is 4.33. The number of benzene rings is 1. The van der Waals surface area contributed by atoms with E-state index in [1.807, 2.05) is 27.7 Å². The SMILES string of the molecule is CCCCCCOC(=O)CCC(C)(C)c1cc(O)c(C(C)(C)CCC(=O)OCCCCCC)cc1O. The van der Waals surface area contributed by atoms with E-state index in [0.717, 1.165) is 51.4 Å². The molecule has 0 aliphatic carbocycles. The Morgan fingerprint density at radius 2 is 1.03 bits per heavy atom. The van der Waals surface area contributed by atoms with Gasteiger partial charge >= 0.3 is 11.9 Å². The van der Waals surface area contributed by atoms with Crippen molar-refractivity contribution >= 4 is 11.9 Å². The molecule has 6 nitrogen and oxygen atoms in total. The van der Waals surface area contributed by atoms with Crippen molar-refractivity contribution in [1.29, 1.82) is 0 Å². The van der Waals surface area contributed by atoms with Crippen molar-refractivity contribution in [2.75, 3.05) is 13.2 Å². The van der Waals surface area contributed by atoms with E-state index in [9.17, 15) is 19.8 Å². The van der Waals surface area contributed by atoms with Gasteiger partial charge in [0.25, 0.3) is 0 Å². The zero-order valence-corrected chi connectivity index (χ0v) is 23.6. The minimum Gasteiger partial charge on any atom is -0.508 e. The first kappa shape index (κ1) is 31.8. The average Bonchev–Trinajstić information content (AvgIpc) is 2.82. The number of esters is 2. The number of hydrogen-bond donors (Lipinski definition) is 2. The zero-order chi connectivity index (χ0) is 27.2. The number of carbonyl (C=O) groups excluding carboxylic acids is 2. The summed E-state index contributed by atoms with van der Waals surface area (Å²) in [5.41, 5.74) is 0.101. The smallest absolute Gasteiger partial charge is 0.305 e. The molecule has 0 radical (unpaired) electrons. The van der Waals surface area contributed by atoms with Crippen LogP contribution in [0.4, 0.5) is 0 Å². The summed E-state index contributed by atoms with van der Waals surface area (Å²) < 4.78 is 10.7. The van der Waals surface area contributed by atoms with Gasteiger partial charge in [0, 0.05) is 24.0 Å². The molecule has 0 aromatic heterocycles. The lowest BCUT2D eigenvalue weighted by molar-refractivity contribution is -0.145. The van der Waals surface area contributed by atoms with Gasteiger partial charge in [-0.05, 0) is 48.6 Å². The Labute approximate surface area is 218 Å². The summed E-state index contributed by atoms with van der Waals surface area (Å²) in [6.45, 7) is 12.9. The standard InChI is InChI=1S/C30H50O6/c1-7-9-11-13-19-35-27(33)15-17-29(3,4)23-21-26(32)24(22-25(23)31)30(5,6)18-16-28(34)36-20-14-12-10-8-2/h21-22,31-32H,7-20H2,1-6H3. The first-order valence-corrected chi connectivity index (χ1v) is 13.8. The van der Waals surface area contributed by atoms with Crippen LogP contribution < -0.4 is 0 Å². The van der Waals surface area contributed by atoms with Gasteiger partial charge in [0.15, 0.2) is 0 Å². The van der Waals surface area contributed by atoms with Crippen LogP contribution in [0.5, 0.6) is 11.5 Å². The van der Waals surface area contributed by atoms with Gasteiger partial charge in [0.1, 0.15) is 11.5 Å². The molecule has 206 valence electrons. The number of hydrogen-bond acceptors (Lipinski definition) is 6. The van der Waals surface area contributed by atoms with Crippen LogP contribution in [0.3, 0.4) is 0 Å². The largest absolute Gasteiger partial charge is 0.508 e. The third-order valence-corrected chi connectivity index (χ3v) is 7.00. The molecule has 0 atom stereocenters. The first-order chi connectivity index (χ1) is 16.9. The molecule has 6 heteroatoms. The van der Waals surface area contributed by atoms with Crippen LogP contribution in [0.15, 0.2) is 12.1 Å². The molecule has 0 bridgehead atoms. The maximum absolute atomic E-state index is 12.2. The van der Waals surface area contributed by atoms with E-state index < -0.39 is 10.8 Å². The van der Waals surface area contributed by atoms with Crippen LogP contribution in [0.1, 0.15) is 130 Å². The van der Waals surface area contributed by atoms with Crippen molar-refractivity contribution < 1.29 is 29.3 Å². The Hall–Kier alpha value is -2.24. The predicted octanol–water partition coefficient (Wildman–Crippen LogP) is 7.46. The van der Waals surface area contributed by atoms with Crippen molar-refractivity contribution in [2.24, 2.45) is 0 Å². The highest BCUT2D eigenvalue weighted by atomic mass is 16.5. The number of phenolic OH excluding ortho intramolecular Hbond substituents is 2. The molecule has 0 fully saturated rings. The van der Waals surface area contributed by atoms with Crippen molar-refractivity contribution in [2.45, 2.75) is 129 Å². The molecule has 0 saturated heterocycles. The number of rotatable bonds is 18. The summed E-state index contributed by atoms with van der Waals surface area (Å²) in [6, 6.07) is 3.18. The van der Waals surface area contributed by atoms with Gasteiger partial charge in [-0.1, -0.05) is 80.1 Å². The van der Waals surface area contributed by atoms with Gasteiger partial charge in [-0.2, -0.15) is 0 Å². The summed E-state index contributed by atoms with van der Waals surface area (Å²) in [5.74, 6) is -0.323. The second kappa shape index (κ2) is 15.8. The molecule has 0 heterocycles. The van der Waals surface area contributed by atoms with Gasteiger partial charge < -0.3 is 19.7 Å². The fraction of sp³-hybridized carbons (Fsp3) is 0.733. The molecule has 1 aromatic rings. The molecule has 2 N–H and O–H groups in total. The van der Waals surface area contributed by atoms with Gasteiger partial charge in [-0.15, -0.1) is 0 Å². The zero-order valence-electron chi connectivity index (χ0n) is 23.6. The average molecular weight is 507 g/mol. The summed E-state index contributed by atoms with van der Waals surface area (Å²) in [4.78, 5) is 24.3. The number of unbranched alkanes of at least 4 members (excludes halogenated alkanes) is 6. The molecule has 36 heavy (non-hydrogen) atoms. The molecular weight excluding hydrogens is 456 g/mol. The van der Waals surface area contributed by atoms with Crippen molar-refractivity contribution in [1.82, 2.24) is 0 Å². The van der Waals surface area contributed by atoms with E-state index >= 15 is 0 Å². The Balaban J connectivity index is 2.70. The number of phenols is 2. The normalized spacial score (nSPS) is 11.9. The Kier molecular flexibility index (Phi) is 13.9. The van der Waals surface area contributed by atoms with Gasteiger partial charge in [-0.3, -0.25) is 9.59 Å². The number of aromatic hydroxyl groups is 2. The van der Waals surface area contributed by atoms with E-state index in [2.05, 4.69) is 13.8 Å². The van der Waals surface area contributed by atoms with Gasteiger partial charge in [-0.25, -0.2) is 0 Å². The van der Waals surface area contributed by atoms with Crippen molar-refractivity contribution in [3.05, 3.63) is 23.3 Å². The topological polar surface area (TPSA) is 93.1 Å². The number of carbonyl (C=O) groups is 2. The number of ether oxygens (including phenoxy) is 2. The maximum atomic E-state index is 12.2. The minimum absolute atomic E-state index is 0.0762. The van der Waals surface area contributed by atoms with Crippen LogP contribution in [0.2, 0.25) is 0 Å².